The highest BCUT2D eigenvalue weighted by Gasteiger charge is 2.19. The van der Waals surface area contributed by atoms with Crippen molar-refractivity contribution in [3.8, 4) is 5.75 Å². The molecule has 1 rings (SSSR count). The van der Waals surface area contributed by atoms with Crippen LogP contribution in [0.15, 0.2) is 18.2 Å². The average molecular weight is 289 g/mol. The van der Waals surface area contributed by atoms with Crippen molar-refractivity contribution in [3.63, 3.8) is 0 Å². The van der Waals surface area contributed by atoms with Gasteiger partial charge in [0, 0.05) is 5.02 Å². The third-order valence-corrected chi connectivity index (χ3v) is 2.43. The number of rotatable bonds is 5. The van der Waals surface area contributed by atoms with E-state index in [0.717, 1.165) is 0 Å². The lowest BCUT2D eigenvalue weighted by atomic mass is 10.3. The number of benzene rings is 1. The summed E-state index contributed by atoms with van der Waals surface area (Å²) in [5.41, 5.74) is 0.287. The van der Waals surface area contributed by atoms with Crippen molar-refractivity contribution >= 4 is 29.3 Å². The molecule has 0 spiro atoms. The van der Waals surface area contributed by atoms with E-state index >= 15 is 0 Å². The number of carbonyl (C=O) groups excluding carboxylic acids is 1. The first-order valence-corrected chi connectivity index (χ1v) is 5.60. The molecule has 19 heavy (non-hydrogen) atoms. The summed E-state index contributed by atoms with van der Waals surface area (Å²) < 4.78 is 5.01. The fraction of sp³-hybridized carbons (Fsp3) is 0.273. The summed E-state index contributed by atoms with van der Waals surface area (Å²) in [6.45, 7) is -0.713. The van der Waals surface area contributed by atoms with Crippen LogP contribution in [0, 0.1) is 0 Å². The fourth-order valence-electron chi connectivity index (χ4n) is 1.28. The standard InChI is InChI=1S/C11H13ClN2O5/c1-19-9-3-2-6(12)4-7(9)13-11(18)14-8(5-15)10(16)17/h2-4,8,15H,5H2,1H3,(H,16,17)(H2,13,14,18). The molecular formula is C11H13ClN2O5. The number of hydrogen-bond donors (Lipinski definition) is 4. The second-order valence-electron chi connectivity index (χ2n) is 3.52. The zero-order chi connectivity index (χ0) is 14.4. The van der Waals surface area contributed by atoms with Crippen LogP contribution in [0.3, 0.4) is 0 Å². The topological polar surface area (TPSA) is 108 Å². The zero-order valence-electron chi connectivity index (χ0n) is 10.0. The average Bonchev–Trinajstić information content (AvgIpc) is 2.35. The van der Waals surface area contributed by atoms with Gasteiger partial charge in [-0.25, -0.2) is 9.59 Å². The largest absolute Gasteiger partial charge is 0.495 e. The van der Waals surface area contributed by atoms with E-state index in [0.29, 0.717) is 10.8 Å². The SMILES string of the molecule is COc1ccc(Cl)cc1NC(=O)NC(CO)C(=O)O. The number of hydrogen-bond acceptors (Lipinski definition) is 4. The van der Waals surface area contributed by atoms with Gasteiger partial charge in [0.05, 0.1) is 19.4 Å². The third-order valence-electron chi connectivity index (χ3n) is 2.20. The maximum Gasteiger partial charge on any atom is 0.328 e. The number of urea groups is 1. The molecule has 0 radical (unpaired) electrons. The first kappa shape index (κ1) is 15.1. The number of halogens is 1. The minimum absolute atomic E-state index is 0.287. The van der Waals surface area contributed by atoms with E-state index < -0.39 is 24.6 Å². The Morgan fingerprint density at radius 2 is 2.16 bits per heavy atom. The molecule has 7 nitrogen and oxygen atoms in total. The molecule has 0 aliphatic carbocycles. The van der Waals surface area contributed by atoms with Crippen LogP contribution in [0.4, 0.5) is 10.5 Å². The number of methoxy groups -OCH3 is 1. The number of carboxylic acids is 1. The molecule has 0 fully saturated rings. The second-order valence-corrected chi connectivity index (χ2v) is 3.95. The molecule has 0 heterocycles. The van der Waals surface area contributed by atoms with Crippen LogP contribution in [0.5, 0.6) is 5.75 Å². The summed E-state index contributed by atoms with van der Waals surface area (Å²) in [4.78, 5) is 22.2. The number of nitrogens with one attached hydrogen (secondary N) is 2. The summed E-state index contributed by atoms with van der Waals surface area (Å²) in [6, 6.07) is 2.41. The van der Waals surface area contributed by atoms with Gasteiger partial charge in [0.1, 0.15) is 5.75 Å². The van der Waals surface area contributed by atoms with Crippen LogP contribution >= 0.6 is 11.6 Å². The highest BCUT2D eigenvalue weighted by atomic mass is 35.5. The van der Waals surface area contributed by atoms with Crippen molar-refractivity contribution in [1.82, 2.24) is 5.32 Å². The predicted molar refractivity (Wildman–Crippen MR) is 68.7 cm³/mol. The highest BCUT2D eigenvalue weighted by Crippen LogP contribution is 2.27. The normalized spacial score (nSPS) is 11.5. The van der Waals surface area contributed by atoms with Gasteiger partial charge in [0.25, 0.3) is 0 Å². The van der Waals surface area contributed by atoms with Crippen LogP contribution in [-0.4, -0.2) is 42.0 Å². The third kappa shape index (κ3) is 4.31. The van der Waals surface area contributed by atoms with Gasteiger partial charge in [0.2, 0.25) is 0 Å². The molecule has 1 aromatic carbocycles. The first-order valence-electron chi connectivity index (χ1n) is 5.22. The summed E-state index contributed by atoms with van der Waals surface area (Å²) in [6.07, 6.45) is 0. The lowest BCUT2D eigenvalue weighted by Gasteiger charge is -2.14. The van der Waals surface area contributed by atoms with Gasteiger partial charge in [-0.1, -0.05) is 11.6 Å². The lowest BCUT2D eigenvalue weighted by Crippen LogP contribution is -2.45. The maximum absolute atomic E-state index is 11.6. The number of anilines is 1. The van der Waals surface area contributed by atoms with Crippen LogP contribution in [0.1, 0.15) is 0 Å². The molecule has 4 N–H and O–H groups in total. The van der Waals surface area contributed by atoms with Gasteiger partial charge >= 0.3 is 12.0 Å². The number of carbonyl (C=O) groups is 2. The number of amides is 2. The predicted octanol–water partition coefficient (Wildman–Crippen LogP) is 0.916. The van der Waals surface area contributed by atoms with Gasteiger partial charge < -0.3 is 25.6 Å². The number of carboxylic acid groups (broad SMARTS) is 1. The maximum atomic E-state index is 11.6. The summed E-state index contributed by atoms with van der Waals surface area (Å²) >= 11 is 5.78. The number of aliphatic hydroxyl groups is 1. The molecule has 0 aliphatic heterocycles. The smallest absolute Gasteiger partial charge is 0.328 e. The Bertz CT molecular complexity index is 480. The van der Waals surface area contributed by atoms with Crippen molar-refractivity contribution < 1.29 is 24.5 Å². The summed E-state index contributed by atoms with van der Waals surface area (Å²) in [5, 5.41) is 22.3. The Hall–Kier alpha value is -1.99. The van der Waals surface area contributed by atoms with Gasteiger partial charge in [0.15, 0.2) is 6.04 Å². The Kier molecular flexibility index (Phi) is 5.40. The molecule has 0 aliphatic rings. The Balaban J connectivity index is 2.76. The molecule has 2 amide bonds. The molecule has 0 saturated carbocycles. The highest BCUT2D eigenvalue weighted by molar-refractivity contribution is 6.31. The van der Waals surface area contributed by atoms with Crippen molar-refractivity contribution in [2.75, 3.05) is 19.0 Å². The van der Waals surface area contributed by atoms with Crippen molar-refractivity contribution in [3.05, 3.63) is 23.2 Å². The molecule has 0 aromatic heterocycles. The Morgan fingerprint density at radius 3 is 2.68 bits per heavy atom. The molecule has 0 saturated heterocycles. The van der Waals surface area contributed by atoms with Gasteiger partial charge in [-0.15, -0.1) is 0 Å². The van der Waals surface area contributed by atoms with Gasteiger partial charge in [-0.3, -0.25) is 0 Å². The van der Waals surface area contributed by atoms with Crippen molar-refractivity contribution in [2.45, 2.75) is 6.04 Å². The van der Waals surface area contributed by atoms with E-state index in [1.54, 1.807) is 12.1 Å². The second kappa shape index (κ2) is 6.81. The van der Waals surface area contributed by atoms with E-state index in [1.807, 2.05) is 0 Å². The number of ether oxygens (including phenoxy) is 1. The fourth-order valence-corrected chi connectivity index (χ4v) is 1.45. The van der Waals surface area contributed by atoms with E-state index in [-0.39, 0.29) is 5.69 Å². The number of aliphatic hydroxyl groups excluding tert-OH is 1. The van der Waals surface area contributed by atoms with Gasteiger partial charge in [-0.05, 0) is 18.2 Å². The van der Waals surface area contributed by atoms with E-state index in [2.05, 4.69) is 10.6 Å². The van der Waals surface area contributed by atoms with Crippen LogP contribution in [0.25, 0.3) is 0 Å². The van der Waals surface area contributed by atoms with Crippen LogP contribution in [-0.2, 0) is 4.79 Å². The van der Waals surface area contributed by atoms with E-state index in [1.165, 1.54) is 13.2 Å². The van der Waals surface area contributed by atoms with Crippen LogP contribution < -0.4 is 15.4 Å². The quantitative estimate of drug-likeness (QED) is 0.644. The molecule has 1 aromatic rings. The Morgan fingerprint density at radius 1 is 1.47 bits per heavy atom. The van der Waals surface area contributed by atoms with Crippen molar-refractivity contribution in [1.29, 1.82) is 0 Å². The lowest BCUT2D eigenvalue weighted by molar-refractivity contribution is -0.140. The zero-order valence-corrected chi connectivity index (χ0v) is 10.8. The molecular weight excluding hydrogens is 276 g/mol. The summed E-state index contributed by atoms with van der Waals surface area (Å²) in [7, 11) is 1.42. The van der Waals surface area contributed by atoms with Crippen LogP contribution in [0.2, 0.25) is 5.02 Å². The summed E-state index contributed by atoms with van der Waals surface area (Å²) in [5.74, 6) is -0.967. The van der Waals surface area contributed by atoms with Gasteiger partial charge in [-0.2, -0.15) is 0 Å². The molecule has 0 bridgehead atoms. The minimum atomic E-state index is -1.38. The molecule has 8 heteroatoms. The minimum Gasteiger partial charge on any atom is -0.495 e. The van der Waals surface area contributed by atoms with Crippen molar-refractivity contribution in [2.24, 2.45) is 0 Å². The monoisotopic (exact) mass is 288 g/mol. The molecule has 1 atom stereocenters. The molecule has 104 valence electrons. The molecule has 1 unspecified atom stereocenters. The van der Waals surface area contributed by atoms with E-state index in [4.69, 9.17) is 26.6 Å². The van der Waals surface area contributed by atoms with E-state index in [9.17, 15) is 9.59 Å². The first-order chi connectivity index (χ1) is 8.97. The Labute approximate surface area is 114 Å². The number of aliphatic carboxylic acids is 1.